The summed E-state index contributed by atoms with van der Waals surface area (Å²) in [5, 5.41) is 2.89. The summed E-state index contributed by atoms with van der Waals surface area (Å²) in [7, 11) is 0. The number of amides is 1. The first-order chi connectivity index (χ1) is 10.0. The van der Waals surface area contributed by atoms with Crippen molar-refractivity contribution in [2.75, 3.05) is 5.32 Å². The highest BCUT2D eigenvalue weighted by Crippen LogP contribution is 2.21. The fraction of sp³-hybridized carbons (Fsp3) is 0.400. The maximum absolute atomic E-state index is 12.4. The number of hydrogen-bond donors (Lipinski definition) is 2. The average Bonchev–Trinajstić information content (AvgIpc) is 2.93. The van der Waals surface area contributed by atoms with Gasteiger partial charge >= 0.3 is 0 Å². The molecule has 2 rings (SSSR count). The SMILES string of the molecule is CCC(N)(CC)C(=O)Nc1cccnc1-n1ccnc1C. The van der Waals surface area contributed by atoms with Gasteiger partial charge in [-0.1, -0.05) is 13.8 Å². The Labute approximate surface area is 124 Å². The van der Waals surface area contributed by atoms with Crippen LogP contribution in [0.25, 0.3) is 5.82 Å². The van der Waals surface area contributed by atoms with Gasteiger partial charge in [-0.3, -0.25) is 9.36 Å². The second-order valence-electron chi connectivity index (χ2n) is 5.04. The zero-order chi connectivity index (χ0) is 15.5. The summed E-state index contributed by atoms with van der Waals surface area (Å²) < 4.78 is 1.83. The van der Waals surface area contributed by atoms with Crippen molar-refractivity contribution in [2.45, 2.75) is 39.2 Å². The molecule has 0 atom stereocenters. The molecule has 6 heteroatoms. The standard InChI is InChI=1S/C15H21N5O/c1-4-15(16,5-2)14(21)19-12-7-6-8-18-13(12)20-10-9-17-11(20)3/h6-10H,4-5,16H2,1-3H3,(H,19,21). The Balaban J connectivity index is 2.34. The molecular weight excluding hydrogens is 266 g/mol. The van der Waals surface area contributed by atoms with Gasteiger partial charge in [0, 0.05) is 18.6 Å². The summed E-state index contributed by atoms with van der Waals surface area (Å²) in [5.41, 5.74) is 5.90. The number of imidazole rings is 1. The van der Waals surface area contributed by atoms with Crippen LogP contribution in [0.2, 0.25) is 0 Å². The Morgan fingerprint density at radius 2 is 2.05 bits per heavy atom. The number of rotatable bonds is 5. The molecule has 6 nitrogen and oxygen atoms in total. The first-order valence-electron chi connectivity index (χ1n) is 7.07. The van der Waals surface area contributed by atoms with Crippen LogP contribution in [0.5, 0.6) is 0 Å². The fourth-order valence-corrected chi connectivity index (χ4v) is 2.11. The van der Waals surface area contributed by atoms with Crippen LogP contribution < -0.4 is 11.1 Å². The molecule has 0 spiro atoms. The molecular formula is C15H21N5O. The molecule has 0 saturated heterocycles. The predicted octanol–water partition coefficient (Wildman–Crippen LogP) is 2.03. The Bertz CT molecular complexity index is 630. The van der Waals surface area contributed by atoms with Gasteiger partial charge in [-0.05, 0) is 31.9 Å². The molecule has 0 radical (unpaired) electrons. The third-order valence-electron chi connectivity index (χ3n) is 3.80. The Morgan fingerprint density at radius 1 is 1.33 bits per heavy atom. The smallest absolute Gasteiger partial charge is 0.244 e. The highest BCUT2D eigenvalue weighted by Gasteiger charge is 2.30. The highest BCUT2D eigenvalue weighted by molar-refractivity contribution is 5.99. The number of carbonyl (C=O) groups excluding carboxylic acids is 1. The van der Waals surface area contributed by atoms with E-state index in [1.165, 1.54) is 0 Å². The molecule has 0 aliphatic carbocycles. The van der Waals surface area contributed by atoms with Gasteiger partial charge in [-0.2, -0.15) is 0 Å². The van der Waals surface area contributed by atoms with E-state index in [4.69, 9.17) is 5.73 Å². The number of hydrogen-bond acceptors (Lipinski definition) is 4. The van der Waals surface area contributed by atoms with Gasteiger partial charge in [0.1, 0.15) is 5.82 Å². The van der Waals surface area contributed by atoms with E-state index in [0.29, 0.717) is 24.3 Å². The fourth-order valence-electron chi connectivity index (χ4n) is 2.11. The lowest BCUT2D eigenvalue weighted by atomic mass is 9.93. The summed E-state index contributed by atoms with van der Waals surface area (Å²) in [6, 6.07) is 3.59. The van der Waals surface area contributed by atoms with Crippen LogP contribution in [0.4, 0.5) is 5.69 Å². The van der Waals surface area contributed by atoms with Crippen LogP contribution in [0.15, 0.2) is 30.7 Å². The van der Waals surface area contributed by atoms with Gasteiger partial charge in [0.2, 0.25) is 5.91 Å². The van der Waals surface area contributed by atoms with E-state index in [9.17, 15) is 4.79 Å². The first-order valence-corrected chi connectivity index (χ1v) is 7.07. The van der Waals surface area contributed by atoms with Gasteiger partial charge < -0.3 is 11.1 Å². The molecule has 0 aromatic carbocycles. The van der Waals surface area contributed by atoms with Gasteiger partial charge in [-0.25, -0.2) is 9.97 Å². The molecule has 0 fully saturated rings. The molecule has 0 aliphatic rings. The van der Waals surface area contributed by atoms with E-state index in [2.05, 4.69) is 15.3 Å². The third kappa shape index (κ3) is 2.95. The highest BCUT2D eigenvalue weighted by atomic mass is 16.2. The minimum atomic E-state index is -0.864. The normalized spacial score (nSPS) is 11.4. The molecule has 0 bridgehead atoms. The minimum absolute atomic E-state index is 0.195. The van der Waals surface area contributed by atoms with Crippen molar-refractivity contribution in [1.29, 1.82) is 0 Å². The topological polar surface area (TPSA) is 85.8 Å². The van der Waals surface area contributed by atoms with Crippen LogP contribution in [0.3, 0.4) is 0 Å². The van der Waals surface area contributed by atoms with E-state index in [0.717, 1.165) is 5.82 Å². The van der Waals surface area contributed by atoms with Gasteiger partial charge in [0.05, 0.1) is 11.2 Å². The largest absolute Gasteiger partial charge is 0.321 e. The van der Waals surface area contributed by atoms with Crippen molar-refractivity contribution >= 4 is 11.6 Å². The van der Waals surface area contributed by atoms with E-state index >= 15 is 0 Å². The lowest BCUT2D eigenvalue weighted by molar-refractivity contribution is -0.121. The quantitative estimate of drug-likeness (QED) is 0.881. The number of carbonyl (C=O) groups is 1. The monoisotopic (exact) mass is 287 g/mol. The van der Waals surface area contributed by atoms with Gasteiger partial charge in [-0.15, -0.1) is 0 Å². The molecule has 0 unspecified atom stereocenters. The molecule has 2 heterocycles. The van der Waals surface area contributed by atoms with E-state index in [1.807, 2.05) is 37.6 Å². The van der Waals surface area contributed by atoms with Crippen LogP contribution in [0, 0.1) is 6.92 Å². The molecule has 2 aromatic heterocycles. The molecule has 3 N–H and O–H groups in total. The lowest BCUT2D eigenvalue weighted by Crippen LogP contribution is -2.50. The minimum Gasteiger partial charge on any atom is -0.321 e. The second kappa shape index (κ2) is 6.05. The van der Waals surface area contributed by atoms with Crippen molar-refractivity contribution in [2.24, 2.45) is 5.73 Å². The van der Waals surface area contributed by atoms with Crippen LogP contribution >= 0.6 is 0 Å². The van der Waals surface area contributed by atoms with E-state index in [1.54, 1.807) is 18.5 Å². The Hall–Kier alpha value is -2.21. The lowest BCUT2D eigenvalue weighted by Gasteiger charge is -2.25. The van der Waals surface area contributed by atoms with Crippen molar-refractivity contribution in [3.63, 3.8) is 0 Å². The Morgan fingerprint density at radius 3 is 2.62 bits per heavy atom. The van der Waals surface area contributed by atoms with Crippen molar-refractivity contribution in [3.05, 3.63) is 36.5 Å². The van der Waals surface area contributed by atoms with Crippen molar-refractivity contribution < 1.29 is 4.79 Å². The maximum atomic E-state index is 12.4. The molecule has 2 aromatic rings. The van der Waals surface area contributed by atoms with Crippen LogP contribution in [0.1, 0.15) is 32.5 Å². The van der Waals surface area contributed by atoms with Crippen molar-refractivity contribution in [3.8, 4) is 5.82 Å². The molecule has 21 heavy (non-hydrogen) atoms. The zero-order valence-electron chi connectivity index (χ0n) is 12.6. The first kappa shape index (κ1) is 15.2. The van der Waals surface area contributed by atoms with Crippen LogP contribution in [-0.4, -0.2) is 26.0 Å². The summed E-state index contributed by atoms with van der Waals surface area (Å²) in [6.07, 6.45) is 6.34. The van der Waals surface area contributed by atoms with E-state index in [-0.39, 0.29) is 5.91 Å². The predicted molar refractivity (Wildman–Crippen MR) is 82.2 cm³/mol. The summed E-state index contributed by atoms with van der Waals surface area (Å²) >= 11 is 0. The summed E-state index contributed by atoms with van der Waals surface area (Å²) in [5.74, 6) is 1.24. The zero-order valence-corrected chi connectivity index (χ0v) is 12.6. The molecule has 1 amide bonds. The molecule has 0 saturated carbocycles. The molecule has 112 valence electrons. The number of anilines is 1. The second-order valence-corrected chi connectivity index (χ2v) is 5.04. The number of nitrogens with two attached hydrogens (primary N) is 1. The summed E-state index contributed by atoms with van der Waals surface area (Å²) in [4.78, 5) is 20.9. The third-order valence-corrected chi connectivity index (χ3v) is 3.80. The van der Waals surface area contributed by atoms with Crippen molar-refractivity contribution in [1.82, 2.24) is 14.5 Å². The van der Waals surface area contributed by atoms with Gasteiger partial charge in [0.15, 0.2) is 5.82 Å². The van der Waals surface area contributed by atoms with Crippen LogP contribution in [-0.2, 0) is 4.79 Å². The van der Waals surface area contributed by atoms with Gasteiger partial charge in [0.25, 0.3) is 0 Å². The number of nitrogens with one attached hydrogen (secondary N) is 1. The Kier molecular flexibility index (Phi) is 4.37. The van der Waals surface area contributed by atoms with E-state index < -0.39 is 5.54 Å². The average molecular weight is 287 g/mol. The summed E-state index contributed by atoms with van der Waals surface area (Å²) in [6.45, 7) is 5.70. The number of nitrogens with zero attached hydrogens (tertiary/aromatic N) is 3. The molecule has 0 aliphatic heterocycles. The number of pyridine rings is 1. The maximum Gasteiger partial charge on any atom is 0.244 e. The number of aromatic nitrogens is 3. The number of aryl methyl sites for hydroxylation is 1.